The molecule has 25 heavy (non-hydrogen) atoms. The number of thioether (sulfide) groups is 1. The highest BCUT2D eigenvalue weighted by Gasteiger charge is 2.13. The Morgan fingerprint density at radius 3 is 2.44 bits per heavy atom. The van der Waals surface area contributed by atoms with Crippen LogP contribution >= 0.6 is 11.8 Å². The lowest BCUT2D eigenvalue weighted by molar-refractivity contribution is -0.114. The van der Waals surface area contributed by atoms with E-state index in [9.17, 15) is 17.6 Å². The number of rotatable bonds is 8. The van der Waals surface area contributed by atoms with Crippen LogP contribution in [0.15, 0.2) is 53.4 Å². The first-order valence-corrected chi connectivity index (χ1v) is 10.2. The van der Waals surface area contributed by atoms with Gasteiger partial charge in [-0.1, -0.05) is 18.2 Å². The van der Waals surface area contributed by atoms with E-state index in [1.807, 2.05) is 0 Å². The summed E-state index contributed by atoms with van der Waals surface area (Å²) in [6.45, 7) is 1.63. The third-order valence-corrected chi connectivity index (χ3v) is 5.72. The molecule has 0 heterocycles. The van der Waals surface area contributed by atoms with Gasteiger partial charge >= 0.3 is 0 Å². The van der Waals surface area contributed by atoms with E-state index >= 15 is 0 Å². The first-order chi connectivity index (χ1) is 11.9. The average Bonchev–Trinajstić information content (AvgIpc) is 2.56. The fourth-order valence-corrected chi connectivity index (χ4v) is 4.06. The molecule has 0 bridgehead atoms. The number of halogens is 1. The third-order valence-electron chi connectivity index (χ3n) is 3.24. The Morgan fingerprint density at radius 2 is 1.80 bits per heavy atom. The molecule has 0 aliphatic carbocycles. The van der Waals surface area contributed by atoms with Gasteiger partial charge in [-0.25, -0.2) is 17.5 Å². The Kier molecular flexibility index (Phi) is 6.98. The van der Waals surface area contributed by atoms with Crippen LogP contribution < -0.4 is 10.0 Å². The molecule has 0 spiro atoms. The summed E-state index contributed by atoms with van der Waals surface area (Å²) in [5, 5.41) is 2.58. The van der Waals surface area contributed by atoms with Crippen molar-refractivity contribution >= 4 is 33.4 Å². The predicted octanol–water partition coefficient (Wildman–Crippen LogP) is 3.00. The van der Waals surface area contributed by atoms with Crippen molar-refractivity contribution in [2.45, 2.75) is 17.6 Å². The summed E-state index contributed by atoms with van der Waals surface area (Å²) >= 11 is 1.45. The largest absolute Gasteiger partial charge is 0.326 e. The lowest BCUT2D eigenvalue weighted by atomic mass is 10.2. The molecule has 0 unspecified atom stereocenters. The topological polar surface area (TPSA) is 75.3 Å². The summed E-state index contributed by atoms with van der Waals surface area (Å²) in [7, 11) is -3.61. The van der Waals surface area contributed by atoms with Gasteiger partial charge in [-0.2, -0.15) is 11.8 Å². The van der Waals surface area contributed by atoms with E-state index in [1.165, 1.54) is 49.0 Å². The summed E-state index contributed by atoms with van der Waals surface area (Å²) in [6.07, 6.45) is 0. The van der Waals surface area contributed by atoms with Gasteiger partial charge in [-0.15, -0.1) is 0 Å². The lowest BCUT2D eigenvalue weighted by Crippen LogP contribution is -2.26. The van der Waals surface area contributed by atoms with E-state index in [1.54, 1.807) is 18.2 Å². The molecule has 0 radical (unpaired) electrons. The van der Waals surface area contributed by atoms with Crippen LogP contribution in [0.2, 0.25) is 0 Å². The van der Waals surface area contributed by atoms with Gasteiger partial charge < -0.3 is 5.32 Å². The van der Waals surface area contributed by atoms with Crippen LogP contribution in [-0.4, -0.2) is 26.6 Å². The molecule has 0 aromatic heterocycles. The zero-order valence-corrected chi connectivity index (χ0v) is 15.3. The Hall–Kier alpha value is -1.90. The monoisotopic (exact) mass is 382 g/mol. The summed E-state index contributed by atoms with van der Waals surface area (Å²) in [5.41, 5.74) is 1.14. The van der Waals surface area contributed by atoms with Crippen molar-refractivity contribution in [3.05, 3.63) is 59.9 Å². The molecule has 134 valence electrons. The molecule has 2 aromatic rings. The van der Waals surface area contributed by atoms with Gasteiger partial charge in [0.05, 0.1) is 4.90 Å². The van der Waals surface area contributed by atoms with Crippen LogP contribution in [0.1, 0.15) is 12.5 Å². The molecule has 0 fully saturated rings. The number of hydrogen-bond acceptors (Lipinski definition) is 4. The normalized spacial score (nSPS) is 11.3. The van der Waals surface area contributed by atoms with Gasteiger partial charge in [0.2, 0.25) is 15.9 Å². The summed E-state index contributed by atoms with van der Waals surface area (Å²) < 4.78 is 40.3. The number of hydrogen-bond donors (Lipinski definition) is 2. The Labute approximate surface area is 151 Å². The van der Waals surface area contributed by atoms with Crippen molar-refractivity contribution < 1.29 is 17.6 Å². The molecular formula is C17H19FN2O3S2. The van der Waals surface area contributed by atoms with E-state index < -0.39 is 10.0 Å². The fourth-order valence-electron chi connectivity index (χ4n) is 2.05. The number of sulfonamides is 1. The average molecular weight is 382 g/mol. The molecule has 2 aromatic carbocycles. The van der Waals surface area contributed by atoms with Crippen LogP contribution in [-0.2, 0) is 20.6 Å². The van der Waals surface area contributed by atoms with Gasteiger partial charge in [-0.05, 0) is 35.9 Å². The molecule has 0 saturated carbocycles. The number of amides is 1. The number of anilines is 1. The number of carbonyl (C=O) groups excluding carboxylic acids is 1. The Balaban J connectivity index is 1.81. The number of benzene rings is 2. The van der Waals surface area contributed by atoms with Gasteiger partial charge in [0, 0.05) is 30.7 Å². The SMILES string of the molecule is CC(=O)Nc1ccc(S(=O)(=O)NCCSCc2ccccc2F)cc1. The molecule has 0 atom stereocenters. The highest BCUT2D eigenvalue weighted by molar-refractivity contribution is 7.98. The standard InChI is InChI=1S/C17H19FN2O3S2/c1-13(21)20-15-6-8-16(9-7-15)25(22,23)19-10-11-24-12-14-4-2-3-5-17(14)18/h2-9,19H,10-12H2,1H3,(H,20,21). The van der Waals surface area contributed by atoms with Crippen LogP contribution in [0, 0.1) is 5.82 Å². The molecule has 0 aliphatic heterocycles. The Morgan fingerprint density at radius 1 is 1.12 bits per heavy atom. The van der Waals surface area contributed by atoms with E-state index in [4.69, 9.17) is 0 Å². The zero-order chi connectivity index (χ0) is 18.3. The first-order valence-electron chi connectivity index (χ1n) is 7.57. The van der Waals surface area contributed by atoms with Crippen molar-refractivity contribution in [2.75, 3.05) is 17.6 Å². The first kappa shape index (κ1) is 19.4. The third kappa shape index (κ3) is 6.15. The molecule has 0 saturated heterocycles. The Bertz CT molecular complexity index is 824. The lowest BCUT2D eigenvalue weighted by Gasteiger charge is -2.08. The molecule has 2 N–H and O–H groups in total. The molecule has 1 amide bonds. The van der Waals surface area contributed by atoms with Crippen LogP contribution in [0.4, 0.5) is 10.1 Å². The minimum atomic E-state index is -3.61. The quantitative estimate of drug-likeness (QED) is 0.688. The van der Waals surface area contributed by atoms with Crippen molar-refractivity contribution in [3.63, 3.8) is 0 Å². The van der Waals surface area contributed by atoms with E-state index in [0.717, 1.165) is 0 Å². The molecule has 2 rings (SSSR count). The smallest absolute Gasteiger partial charge is 0.240 e. The predicted molar refractivity (Wildman–Crippen MR) is 98.5 cm³/mol. The number of carbonyl (C=O) groups is 1. The van der Waals surface area contributed by atoms with Crippen LogP contribution in [0.25, 0.3) is 0 Å². The molecule has 0 aliphatic rings. The summed E-state index contributed by atoms with van der Waals surface area (Å²) in [5.74, 6) is 0.535. The second kappa shape index (κ2) is 8.98. The maximum absolute atomic E-state index is 13.5. The number of nitrogens with one attached hydrogen (secondary N) is 2. The van der Waals surface area contributed by atoms with E-state index in [2.05, 4.69) is 10.0 Å². The molecule has 8 heteroatoms. The fraction of sp³-hybridized carbons (Fsp3) is 0.235. The van der Waals surface area contributed by atoms with Crippen molar-refractivity contribution in [1.82, 2.24) is 4.72 Å². The van der Waals surface area contributed by atoms with Crippen molar-refractivity contribution in [1.29, 1.82) is 0 Å². The minimum Gasteiger partial charge on any atom is -0.326 e. The van der Waals surface area contributed by atoms with Gasteiger partial charge in [0.1, 0.15) is 5.82 Å². The molecule has 5 nitrogen and oxygen atoms in total. The highest BCUT2D eigenvalue weighted by Crippen LogP contribution is 2.16. The highest BCUT2D eigenvalue weighted by atomic mass is 32.2. The summed E-state index contributed by atoms with van der Waals surface area (Å²) in [4.78, 5) is 11.1. The maximum atomic E-state index is 13.5. The maximum Gasteiger partial charge on any atom is 0.240 e. The van der Waals surface area contributed by atoms with Crippen LogP contribution in [0.5, 0.6) is 0 Å². The van der Waals surface area contributed by atoms with Crippen LogP contribution in [0.3, 0.4) is 0 Å². The zero-order valence-electron chi connectivity index (χ0n) is 13.7. The minimum absolute atomic E-state index is 0.126. The second-order valence-electron chi connectivity index (χ2n) is 5.25. The summed E-state index contributed by atoms with van der Waals surface area (Å²) in [6, 6.07) is 12.4. The van der Waals surface area contributed by atoms with Gasteiger partial charge in [0.15, 0.2) is 0 Å². The van der Waals surface area contributed by atoms with Gasteiger partial charge in [0.25, 0.3) is 0 Å². The van der Waals surface area contributed by atoms with Crippen molar-refractivity contribution in [3.8, 4) is 0 Å². The van der Waals surface area contributed by atoms with E-state index in [-0.39, 0.29) is 23.2 Å². The van der Waals surface area contributed by atoms with E-state index in [0.29, 0.717) is 22.8 Å². The van der Waals surface area contributed by atoms with Crippen molar-refractivity contribution in [2.24, 2.45) is 0 Å². The molecular weight excluding hydrogens is 363 g/mol. The second-order valence-corrected chi connectivity index (χ2v) is 8.12. The van der Waals surface area contributed by atoms with Gasteiger partial charge in [-0.3, -0.25) is 4.79 Å².